The van der Waals surface area contributed by atoms with Crippen molar-refractivity contribution in [1.82, 2.24) is 10.3 Å². The molecule has 3 heterocycles. The summed E-state index contributed by atoms with van der Waals surface area (Å²) in [7, 11) is 1.68. The van der Waals surface area contributed by atoms with E-state index in [0.29, 0.717) is 57.7 Å². The van der Waals surface area contributed by atoms with Crippen molar-refractivity contribution in [1.29, 1.82) is 0 Å². The van der Waals surface area contributed by atoms with Crippen molar-refractivity contribution in [3.63, 3.8) is 0 Å². The Morgan fingerprint density at radius 2 is 2.15 bits per heavy atom. The van der Waals surface area contributed by atoms with E-state index in [0.717, 1.165) is 12.1 Å². The van der Waals surface area contributed by atoms with Gasteiger partial charge in [0.25, 0.3) is 5.91 Å². The minimum atomic E-state index is -0.444. The number of anilines is 1. The van der Waals surface area contributed by atoms with Crippen molar-refractivity contribution >= 4 is 11.6 Å². The molecule has 1 atom stereocenters. The highest BCUT2D eigenvalue weighted by Crippen LogP contribution is 2.34. The first-order valence-electron chi connectivity index (χ1n) is 11.9. The number of methoxy groups -OCH3 is 1. The summed E-state index contributed by atoms with van der Waals surface area (Å²) in [6, 6.07) is 3.31. The third-order valence-corrected chi connectivity index (χ3v) is 6.09. The Kier molecular flexibility index (Phi) is 9.87. The number of carbonyl (C=O) groups excluding carboxylic acids is 1. The van der Waals surface area contributed by atoms with Gasteiger partial charge in [0, 0.05) is 26.8 Å². The van der Waals surface area contributed by atoms with Gasteiger partial charge in [0.15, 0.2) is 0 Å². The van der Waals surface area contributed by atoms with Crippen molar-refractivity contribution in [2.75, 3.05) is 71.4 Å². The van der Waals surface area contributed by atoms with Crippen LogP contribution in [0.5, 0.6) is 5.88 Å². The number of alkyl halides is 1. The molecule has 0 bridgehead atoms. The first kappa shape index (κ1) is 26.6. The summed E-state index contributed by atoms with van der Waals surface area (Å²) in [5, 5.41) is 12.7. The van der Waals surface area contributed by atoms with Gasteiger partial charge in [-0.05, 0) is 30.9 Å². The van der Waals surface area contributed by atoms with Gasteiger partial charge in [-0.2, -0.15) is 0 Å². The Morgan fingerprint density at radius 1 is 1.38 bits per heavy atom. The third-order valence-electron chi connectivity index (χ3n) is 6.09. The van der Waals surface area contributed by atoms with Crippen LogP contribution in [-0.2, 0) is 14.2 Å². The van der Waals surface area contributed by atoms with Crippen LogP contribution in [0.3, 0.4) is 0 Å². The third kappa shape index (κ3) is 7.00. The number of aliphatic hydroxyl groups excluding tert-OH is 1. The topological polar surface area (TPSA) is 102 Å². The predicted molar refractivity (Wildman–Crippen MR) is 125 cm³/mol. The molecule has 1 aromatic rings. The second-order valence-corrected chi connectivity index (χ2v) is 9.64. The second-order valence-electron chi connectivity index (χ2n) is 9.64. The van der Waals surface area contributed by atoms with Gasteiger partial charge in [-0.1, -0.05) is 13.8 Å². The molecule has 2 N–H and O–H groups in total. The minimum absolute atomic E-state index is 0.0444. The molecule has 2 aliphatic heterocycles. The molecule has 0 radical (unpaired) electrons. The lowest BCUT2D eigenvalue weighted by atomic mass is 9.88. The average molecular weight is 484 g/mol. The monoisotopic (exact) mass is 483 g/mol. The van der Waals surface area contributed by atoms with Crippen LogP contribution in [0.1, 0.15) is 37.2 Å². The molecular formula is C24H38FN3O6. The Balaban J connectivity index is 1.70. The van der Waals surface area contributed by atoms with E-state index in [1.54, 1.807) is 13.2 Å². The predicted octanol–water partition coefficient (Wildman–Crippen LogP) is 1.82. The minimum Gasteiger partial charge on any atom is -0.475 e. The molecule has 2 fully saturated rings. The van der Waals surface area contributed by atoms with Crippen LogP contribution in [-0.4, -0.2) is 94.7 Å². The van der Waals surface area contributed by atoms with E-state index in [1.807, 2.05) is 6.07 Å². The van der Waals surface area contributed by atoms with Gasteiger partial charge in [0.05, 0.1) is 50.7 Å². The first-order chi connectivity index (χ1) is 16.4. The number of aromatic nitrogens is 1. The highest BCUT2D eigenvalue weighted by Gasteiger charge is 2.40. The van der Waals surface area contributed by atoms with Crippen LogP contribution in [0.4, 0.5) is 10.1 Å². The molecule has 0 aliphatic carbocycles. The highest BCUT2D eigenvalue weighted by atomic mass is 19.1. The van der Waals surface area contributed by atoms with Crippen molar-refractivity contribution < 1.29 is 33.2 Å². The molecule has 1 aromatic heterocycles. The molecular weight excluding hydrogens is 445 g/mol. The Hall–Kier alpha value is -2.01. The number of aliphatic hydroxyl groups is 1. The van der Waals surface area contributed by atoms with Gasteiger partial charge in [0.1, 0.15) is 18.0 Å². The molecule has 1 unspecified atom stereocenters. The number of halogens is 1. The lowest BCUT2D eigenvalue weighted by molar-refractivity contribution is -0.153. The van der Waals surface area contributed by atoms with Gasteiger partial charge in [-0.25, -0.2) is 4.98 Å². The second kappa shape index (κ2) is 12.6. The summed E-state index contributed by atoms with van der Waals surface area (Å²) in [4.78, 5) is 19.6. The maximum atomic E-state index is 13.0. The SMILES string of the molecule is COC1CN(c2ccc(C(=O)NC(COCCCF)CC(C)C)nc2OCC2(CO)COC2)C1. The van der Waals surface area contributed by atoms with E-state index in [4.69, 9.17) is 18.9 Å². The fraction of sp³-hybridized carbons (Fsp3) is 0.750. The number of nitrogens with one attached hydrogen (secondary N) is 1. The van der Waals surface area contributed by atoms with Gasteiger partial charge in [-0.3, -0.25) is 9.18 Å². The summed E-state index contributed by atoms with van der Waals surface area (Å²) in [5.41, 5.74) is 0.579. The smallest absolute Gasteiger partial charge is 0.270 e. The normalized spacial score (nSPS) is 18.4. The molecule has 1 amide bonds. The number of nitrogens with zero attached hydrogens (tertiary/aromatic N) is 2. The van der Waals surface area contributed by atoms with Gasteiger partial charge in [-0.15, -0.1) is 0 Å². The molecule has 10 heteroatoms. The zero-order chi connectivity index (χ0) is 24.6. The first-order valence-corrected chi connectivity index (χ1v) is 11.9. The summed E-state index contributed by atoms with van der Waals surface area (Å²) in [6.07, 6.45) is 1.22. The number of amides is 1. The van der Waals surface area contributed by atoms with E-state index in [9.17, 15) is 14.3 Å². The zero-order valence-electron chi connectivity index (χ0n) is 20.4. The molecule has 2 saturated heterocycles. The van der Waals surface area contributed by atoms with Gasteiger partial charge in [0.2, 0.25) is 5.88 Å². The van der Waals surface area contributed by atoms with E-state index in [1.165, 1.54) is 0 Å². The Morgan fingerprint density at radius 3 is 2.74 bits per heavy atom. The zero-order valence-corrected chi connectivity index (χ0v) is 20.4. The van der Waals surface area contributed by atoms with Crippen molar-refractivity contribution in [3.05, 3.63) is 17.8 Å². The number of rotatable bonds is 15. The lowest BCUT2D eigenvalue weighted by Gasteiger charge is -2.41. The van der Waals surface area contributed by atoms with Crippen LogP contribution in [0.25, 0.3) is 0 Å². The van der Waals surface area contributed by atoms with E-state index in [2.05, 4.69) is 29.0 Å². The summed E-state index contributed by atoms with van der Waals surface area (Å²) >= 11 is 0. The number of ether oxygens (including phenoxy) is 4. The fourth-order valence-corrected chi connectivity index (χ4v) is 3.90. The van der Waals surface area contributed by atoms with Crippen LogP contribution >= 0.6 is 0 Å². The van der Waals surface area contributed by atoms with Crippen molar-refractivity contribution in [3.8, 4) is 5.88 Å². The van der Waals surface area contributed by atoms with Gasteiger partial charge >= 0.3 is 0 Å². The number of pyridine rings is 1. The van der Waals surface area contributed by atoms with Gasteiger partial charge < -0.3 is 34.3 Å². The molecule has 0 spiro atoms. The maximum Gasteiger partial charge on any atom is 0.270 e. The molecule has 34 heavy (non-hydrogen) atoms. The maximum absolute atomic E-state index is 13.0. The Labute approximate surface area is 200 Å². The standard InChI is InChI=1S/C24H38FN3O6/c1-17(2)9-18(12-32-8-4-7-25)26-22(30)20-5-6-21(28-10-19(11-28)31-3)23(27-20)34-16-24(13-29)14-33-15-24/h5-6,17-19,29H,4,7-16H2,1-3H3,(H,26,30). The van der Waals surface area contributed by atoms with Crippen molar-refractivity contribution in [2.45, 2.75) is 38.8 Å². The summed E-state index contributed by atoms with van der Waals surface area (Å²) in [5.74, 6) is 0.378. The Bertz CT molecular complexity index is 780. The highest BCUT2D eigenvalue weighted by molar-refractivity contribution is 5.93. The molecule has 0 aromatic carbocycles. The fourth-order valence-electron chi connectivity index (χ4n) is 3.90. The molecule has 192 valence electrons. The van der Waals surface area contributed by atoms with E-state index >= 15 is 0 Å². The lowest BCUT2D eigenvalue weighted by Crippen LogP contribution is -2.52. The average Bonchev–Trinajstić information content (AvgIpc) is 2.75. The quantitative estimate of drug-likeness (QED) is 0.364. The number of hydrogen-bond acceptors (Lipinski definition) is 8. The number of hydrogen-bond donors (Lipinski definition) is 2. The molecule has 3 rings (SSSR count). The number of carbonyl (C=O) groups is 1. The van der Waals surface area contributed by atoms with Crippen LogP contribution in [0, 0.1) is 11.3 Å². The summed E-state index contributed by atoms with van der Waals surface area (Å²) < 4.78 is 34.6. The van der Waals surface area contributed by atoms with Crippen LogP contribution < -0.4 is 15.0 Å². The van der Waals surface area contributed by atoms with Crippen LogP contribution in [0.2, 0.25) is 0 Å². The largest absolute Gasteiger partial charge is 0.475 e. The molecule has 2 aliphatic rings. The summed E-state index contributed by atoms with van der Waals surface area (Å²) in [6.45, 7) is 6.82. The van der Waals surface area contributed by atoms with E-state index < -0.39 is 12.1 Å². The molecule has 9 nitrogen and oxygen atoms in total. The van der Waals surface area contributed by atoms with Crippen molar-refractivity contribution in [2.24, 2.45) is 11.3 Å². The molecule has 0 saturated carbocycles. The van der Waals surface area contributed by atoms with E-state index in [-0.39, 0.29) is 37.0 Å². The van der Waals surface area contributed by atoms with Crippen LogP contribution in [0.15, 0.2) is 12.1 Å².